The Kier molecular flexibility index (Phi) is 7.45. The normalized spacial score (nSPS) is 12.2. The van der Waals surface area contributed by atoms with Crippen LogP contribution in [0.15, 0.2) is 48.5 Å². The first-order valence-corrected chi connectivity index (χ1v) is 7.55. The van der Waals surface area contributed by atoms with E-state index in [-0.39, 0.29) is 24.4 Å². The van der Waals surface area contributed by atoms with Crippen LogP contribution in [0.5, 0.6) is 0 Å². The number of nitrogens with two attached hydrogens (primary N) is 1. The van der Waals surface area contributed by atoms with Crippen LogP contribution < -0.4 is 11.1 Å². The van der Waals surface area contributed by atoms with E-state index in [1.165, 1.54) is 12.1 Å². The van der Waals surface area contributed by atoms with E-state index < -0.39 is 11.7 Å². The summed E-state index contributed by atoms with van der Waals surface area (Å²) in [5.74, 6) is -0.224. The molecule has 2 rings (SSSR count). The molecule has 1 atom stereocenters. The molecule has 0 aliphatic heterocycles. The monoisotopic (exact) mass is 372 g/mol. The summed E-state index contributed by atoms with van der Waals surface area (Å²) >= 11 is 0. The molecule has 7 heteroatoms. The maximum Gasteiger partial charge on any atom is 0.416 e. The summed E-state index contributed by atoms with van der Waals surface area (Å²) in [5.41, 5.74) is 7.02. The third-order valence-corrected chi connectivity index (χ3v) is 3.65. The lowest BCUT2D eigenvalue weighted by Gasteiger charge is -2.15. The molecule has 1 amide bonds. The smallest absolute Gasteiger partial charge is 0.349 e. The zero-order valence-corrected chi connectivity index (χ0v) is 14.5. The second-order valence-electron chi connectivity index (χ2n) is 5.67. The van der Waals surface area contributed by atoms with Crippen LogP contribution in [0, 0.1) is 0 Å². The fourth-order valence-corrected chi connectivity index (χ4v) is 2.33. The molecule has 0 saturated carbocycles. The molecule has 0 fully saturated rings. The lowest BCUT2D eigenvalue weighted by Crippen LogP contribution is -2.34. The van der Waals surface area contributed by atoms with Gasteiger partial charge in [-0.1, -0.05) is 24.3 Å². The number of amides is 1. The molecule has 3 nitrogen and oxygen atoms in total. The molecular formula is C18H20ClF3N2O. The van der Waals surface area contributed by atoms with Crippen molar-refractivity contribution in [3.63, 3.8) is 0 Å². The number of carbonyl (C=O) groups is 1. The molecule has 0 saturated heterocycles. The largest absolute Gasteiger partial charge is 0.416 e. The van der Waals surface area contributed by atoms with E-state index in [1.807, 2.05) is 6.92 Å². The fourth-order valence-electron chi connectivity index (χ4n) is 2.33. The maximum absolute atomic E-state index is 12.5. The van der Waals surface area contributed by atoms with Crippen LogP contribution >= 0.6 is 12.4 Å². The molecule has 0 aromatic heterocycles. The third-order valence-electron chi connectivity index (χ3n) is 3.65. The Bertz CT molecular complexity index is 685. The first kappa shape index (κ1) is 21.0. The van der Waals surface area contributed by atoms with Crippen LogP contribution in [-0.2, 0) is 19.1 Å². The van der Waals surface area contributed by atoms with Gasteiger partial charge in [0, 0.05) is 18.2 Å². The fraction of sp³-hybridized carbons (Fsp3) is 0.278. The van der Waals surface area contributed by atoms with Gasteiger partial charge >= 0.3 is 6.18 Å². The molecule has 0 spiro atoms. The molecule has 0 aliphatic rings. The van der Waals surface area contributed by atoms with Gasteiger partial charge in [0.25, 0.3) is 5.91 Å². The Labute approximate surface area is 150 Å². The number of carbonyl (C=O) groups excluding carboxylic acids is 1. The summed E-state index contributed by atoms with van der Waals surface area (Å²) in [6.07, 6.45) is -3.89. The highest BCUT2D eigenvalue weighted by Gasteiger charge is 2.29. The van der Waals surface area contributed by atoms with E-state index in [0.29, 0.717) is 18.5 Å². The Balaban J connectivity index is 0.00000312. The van der Waals surface area contributed by atoms with Gasteiger partial charge in [-0.2, -0.15) is 13.2 Å². The molecular weight excluding hydrogens is 353 g/mol. The molecule has 136 valence electrons. The van der Waals surface area contributed by atoms with Gasteiger partial charge < -0.3 is 11.1 Å². The van der Waals surface area contributed by atoms with E-state index in [1.54, 1.807) is 24.3 Å². The number of halogens is 4. The van der Waals surface area contributed by atoms with Gasteiger partial charge in [0.2, 0.25) is 0 Å². The van der Waals surface area contributed by atoms with Gasteiger partial charge in [-0.3, -0.25) is 4.79 Å². The third kappa shape index (κ3) is 6.07. The molecule has 1 unspecified atom stereocenters. The van der Waals surface area contributed by atoms with Crippen LogP contribution in [0.2, 0.25) is 0 Å². The van der Waals surface area contributed by atoms with Gasteiger partial charge in [0.1, 0.15) is 0 Å². The predicted molar refractivity (Wildman–Crippen MR) is 93.7 cm³/mol. The minimum Gasteiger partial charge on any atom is -0.349 e. The average Bonchev–Trinajstić information content (AvgIpc) is 2.54. The average molecular weight is 373 g/mol. The number of alkyl halides is 3. The Morgan fingerprint density at radius 3 is 2.04 bits per heavy atom. The standard InChI is InChI=1S/C18H19F3N2O.ClH/c1-12(10-13-4-8-16(9-5-13)18(19,20)21)23-17(24)15-6-2-14(11-22)3-7-15;/h2-9,12H,10-11,22H2,1H3,(H,23,24);1H. The quantitative estimate of drug-likeness (QED) is 0.835. The summed E-state index contributed by atoms with van der Waals surface area (Å²) in [6, 6.07) is 11.7. The van der Waals surface area contributed by atoms with E-state index in [2.05, 4.69) is 5.32 Å². The van der Waals surface area contributed by atoms with Crippen molar-refractivity contribution >= 4 is 18.3 Å². The molecule has 0 radical (unpaired) electrons. The zero-order valence-electron chi connectivity index (χ0n) is 13.6. The minimum atomic E-state index is -4.34. The first-order valence-electron chi connectivity index (χ1n) is 7.55. The van der Waals surface area contributed by atoms with E-state index in [0.717, 1.165) is 23.3 Å². The van der Waals surface area contributed by atoms with Crippen molar-refractivity contribution in [3.05, 3.63) is 70.8 Å². The van der Waals surface area contributed by atoms with Crippen LogP contribution in [0.4, 0.5) is 13.2 Å². The zero-order chi connectivity index (χ0) is 17.7. The Hall–Kier alpha value is -2.05. The van der Waals surface area contributed by atoms with Crippen molar-refractivity contribution in [1.82, 2.24) is 5.32 Å². The van der Waals surface area contributed by atoms with E-state index in [4.69, 9.17) is 5.73 Å². The highest BCUT2D eigenvalue weighted by molar-refractivity contribution is 5.94. The summed E-state index contributed by atoms with van der Waals surface area (Å²) in [6.45, 7) is 2.22. The first-order chi connectivity index (χ1) is 11.3. The van der Waals surface area contributed by atoms with Crippen molar-refractivity contribution < 1.29 is 18.0 Å². The molecule has 0 heterocycles. The highest BCUT2D eigenvalue weighted by Crippen LogP contribution is 2.29. The van der Waals surface area contributed by atoms with Crippen molar-refractivity contribution in [2.45, 2.75) is 32.1 Å². The van der Waals surface area contributed by atoms with Crippen molar-refractivity contribution in [3.8, 4) is 0 Å². The summed E-state index contributed by atoms with van der Waals surface area (Å²) in [7, 11) is 0. The van der Waals surface area contributed by atoms with Crippen LogP contribution in [-0.4, -0.2) is 11.9 Å². The molecule has 3 N–H and O–H groups in total. The van der Waals surface area contributed by atoms with Gasteiger partial charge in [-0.05, 0) is 48.7 Å². The van der Waals surface area contributed by atoms with Crippen molar-refractivity contribution in [1.29, 1.82) is 0 Å². The number of hydrogen-bond donors (Lipinski definition) is 2. The number of hydrogen-bond acceptors (Lipinski definition) is 2. The summed E-state index contributed by atoms with van der Waals surface area (Å²) in [4.78, 5) is 12.1. The second-order valence-corrected chi connectivity index (χ2v) is 5.67. The van der Waals surface area contributed by atoms with Gasteiger partial charge in [-0.15, -0.1) is 12.4 Å². The summed E-state index contributed by atoms with van der Waals surface area (Å²) < 4.78 is 37.6. The highest BCUT2D eigenvalue weighted by atomic mass is 35.5. The van der Waals surface area contributed by atoms with E-state index in [9.17, 15) is 18.0 Å². The molecule has 2 aromatic carbocycles. The van der Waals surface area contributed by atoms with Gasteiger partial charge in [-0.25, -0.2) is 0 Å². The van der Waals surface area contributed by atoms with Crippen molar-refractivity contribution in [2.24, 2.45) is 5.73 Å². The van der Waals surface area contributed by atoms with Gasteiger partial charge in [0.05, 0.1) is 5.56 Å². The minimum absolute atomic E-state index is 0. The number of nitrogens with one attached hydrogen (secondary N) is 1. The number of benzene rings is 2. The molecule has 0 bridgehead atoms. The Morgan fingerprint density at radius 1 is 1.04 bits per heavy atom. The van der Waals surface area contributed by atoms with Gasteiger partial charge in [0.15, 0.2) is 0 Å². The lowest BCUT2D eigenvalue weighted by atomic mass is 10.0. The summed E-state index contributed by atoms with van der Waals surface area (Å²) in [5, 5.41) is 2.83. The second kappa shape index (κ2) is 8.87. The van der Waals surface area contributed by atoms with Crippen molar-refractivity contribution in [2.75, 3.05) is 0 Å². The topological polar surface area (TPSA) is 55.1 Å². The molecule has 0 aliphatic carbocycles. The molecule has 25 heavy (non-hydrogen) atoms. The van der Waals surface area contributed by atoms with Crippen LogP contribution in [0.1, 0.15) is 34.0 Å². The lowest BCUT2D eigenvalue weighted by molar-refractivity contribution is -0.137. The SMILES string of the molecule is CC(Cc1ccc(C(F)(F)F)cc1)NC(=O)c1ccc(CN)cc1.Cl. The molecule has 2 aromatic rings. The number of rotatable bonds is 5. The van der Waals surface area contributed by atoms with Crippen LogP contribution in [0.3, 0.4) is 0 Å². The Morgan fingerprint density at radius 2 is 1.56 bits per heavy atom. The van der Waals surface area contributed by atoms with Crippen LogP contribution in [0.25, 0.3) is 0 Å². The maximum atomic E-state index is 12.5. The van der Waals surface area contributed by atoms with E-state index >= 15 is 0 Å². The predicted octanol–water partition coefficient (Wildman–Crippen LogP) is 3.95.